The molecule has 2 rings (SSSR count). The number of hydrogen-bond acceptors (Lipinski definition) is 5. The molecule has 16 heavy (non-hydrogen) atoms. The summed E-state index contributed by atoms with van der Waals surface area (Å²) in [6.45, 7) is 1.87. The van der Waals surface area contributed by atoms with Crippen LogP contribution in [-0.2, 0) is 0 Å². The Labute approximate surface area is 97.1 Å². The summed E-state index contributed by atoms with van der Waals surface area (Å²) in [7, 11) is 0. The van der Waals surface area contributed by atoms with Crippen molar-refractivity contribution < 1.29 is 4.42 Å². The largest absolute Gasteiger partial charge is 0.460 e. The topological polar surface area (TPSA) is 63.3 Å². The Kier molecular flexibility index (Phi) is 3.16. The molecular weight excluding hydrogens is 228 g/mol. The van der Waals surface area contributed by atoms with Gasteiger partial charge in [-0.25, -0.2) is 0 Å². The molecular formula is C10H9ClN4O. The van der Waals surface area contributed by atoms with Gasteiger partial charge in [-0.05, 0) is 31.2 Å². The summed E-state index contributed by atoms with van der Waals surface area (Å²) in [5.74, 6) is 2.03. The van der Waals surface area contributed by atoms with Crippen LogP contribution in [0.5, 0.6) is 0 Å². The summed E-state index contributed by atoms with van der Waals surface area (Å²) < 4.78 is 5.29. The maximum absolute atomic E-state index is 5.59. The van der Waals surface area contributed by atoms with E-state index in [-0.39, 0.29) is 0 Å². The van der Waals surface area contributed by atoms with Crippen LogP contribution in [0.4, 0.5) is 5.82 Å². The zero-order chi connectivity index (χ0) is 11.4. The molecule has 2 heterocycles. The number of hydrogen-bond donors (Lipinski definition) is 1. The van der Waals surface area contributed by atoms with E-state index in [1.165, 1.54) is 0 Å². The molecule has 6 heteroatoms. The van der Waals surface area contributed by atoms with Gasteiger partial charge in [0.15, 0.2) is 11.0 Å². The van der Waals surface area contributed by atoms with Gasteiger partial charge in [0.05, 0.1) is 6.21 Å². The molecule has 0 aliphatic heterocycles. The van der Waals surface area contributed by atoms with E-state index >= 15 is 0 Å². The highest BCUT2D eigenvalue weighted by Crippen LogP contribution is 2.06. The van der Waals surface area contributed by atoms with Crippen molar-refractivity contribution >= 4 is 23.6 Å². The second-order valence-corrected chi connectivity index (χ2v) is 3.45. The van der Waals surface area contributed by atoms with Crippen molar-refractivity contribution in [2.24, 2.45) is 5.10 Å². The zero-order valence-electron chi connectivity index (χ0n) is 8.51. The van der Waals surface area contributed by atoms with Crippen LogP contribution >= 0.6 is 11.6 Å². The molecule has 82 valence electrons. The lowest BCUT2D eigenvalue weighted by molar-refractivity contribution is 0.528. The van der Waals surface area contributed by atoms with Crippen molar-refractivity contribution in [2.45, 2.75) is 6.92 Å². The van der Waals surface area contributed by atoms with Crippen LogP contribution in [0.2, 0.25) is 5.15 Å². The summed E-state index contributed by atoms with van der Waals surface area (Å²) >= 11 is 5.59. The summed E-state index contributed by atoms with van der Waals surface area (Å²) in [4.78, 5) is 0. The van der Waals surface area contributed by atoms with Crippen LogP contribution in [0.15, 0.2) is 33.8 Å². The predicted molar refractivity (Wildman–Crippen MR) is 61.7 cm³/mol. The van der Waals surface area contributed by atoms with Crippen molar-refractivity contribution in [3.05, 3.63) is 40.9 Å². The zero-order valence-corrected chi connectivity index (χ0v) is 9.27. The summed E-state index contributed by atoms with van der Waals surface area (Å²) in [5.41, 5.74) is 2.71. The third-order valence-corrected chi connectivity index (χ3v) is 1.97. The van der Waals surface area contributed by atoms with E-state index in [0.29, 0.717) is 16.7 Å². The van der Waals surface area contributed by atoms with Gasteiger partial charge in [-0.15, -0.1) is 10.2 Å². The molecule has 0 bridgehead atoms. The lowest BCUT2D eigenvalue weighted by Gasteiger charge is -1.96. The molecule has 0 fully saturated rings. The van der Waals surface area contributed by atoms with Crippen LogP contribution in [0.25, 0.3) is 0 Å². The van der Waals surface area contributed by atoms with Gasteiger partial charge in [0, 0.05) is 0 Å². The Morgan fingerprint density at radius 2 is 2.19 bits per heavy atom. The Hall–Kier alpha value is -1.88. The van der Waals surface area contributed by atoms with E-state index in [9.17, 15) is 0 Å². The monoisotopic (exact) mass is 236 g/mol. The number of furan rings is 1. The quantitative estimate of drug-likeness (QED) is 0.657. The van der Waals surface area contributed by atoms with Crippen molar-refractivity contribution in [3.63, 3.8) is 0 Å². The normalized spacial score (nSPS) is 10.9. The number of hydrazone groups is 1. The number of anilines is 1. The average molecular weight is 237 g/mol. The van der Waals surface area contributed by atoms with E-state index in [0.717, 1.165) is 5.76 Å². The van der Waals surface area contributed by atoms with Gasteiger partial charge >= 0.3 is 0 Å². The predicted octanol–water partition coefficient (Wildman–Crippen LogP) is 2.48. The minimum absolute atomic E-state index is 0.344. The van der Waals surface area contributed by atoms with Crippen molar-refractivity contribution in [3.8, 4) is 0 Å². The fourth-order valence-corrected chi connectivity index (χ4v) is 1.16. The highest BCUT2D eigenvalue weighted by molar-refractivity contribution is 6.29. The molecule has 0 aromatic carbocycles. The first-order valence-corrected chi connectivity index (χ1v) is 4.96. The third kappa shape index (κ3) is 2.80. The Balaban J connectivity index is 1.97. The van der Waals surface area contributed by atoms with Crippen LogP contribution < -0.4 is 5.43 Å². The number of aryl methyl sites for hydroxylation is 1. The standard InChI is InChI=1S/C10H9ClN4O/c1-7-2-3-8(16-7)6-12-14-10-5-4-9(11)13-15-10/h2-6H,1H3,(H,14,15)/b12-6+. The van der Waals surface area contributed by atoms with E-state index in [1.807, 2.05) is 19.1 Å². The van der Waals surface area contributed by atoms with Gasteiger partial charge in [-0.1, -0.05) is 11.6 Å². The smallest absolute Gasteiger partial charge is 0.168 e. The molecule has 0 aliphatic rings. The van der Waals surface area contributed by atoms with Crippen LogP contribution in [0.1, 0.15) is 11.5 Å². The lowest BCUT2D eigenvalue weighted by Crippen LogP contribution is -1.94. The Bertz CT molecular complexity index is 492. The van der Waals surface area contributed by atoms with Gasteiger partial charge in [0.2, 0.25) is 0 Å². The molecule has 0 radical (unpaired) electrons. The molecule has 0 saturated heterocycles. The molecule has 0 unspecified atom stereocenters. The highest BCUT2D eigenvalue weighted by atomic mass is 35.5. The second-order valence-electron chi connectivity index (χ2n) is 3.06. The molecule has 0 amide bonds. The van der Waals surface area contributed by atoms with Crippen LogP contribution in [0.3, 0.4) is 0 Å². The van der Waals surface area contributed by atoms with Gasteiger partial charge < -0.3 is 4.42 Å². The molecule has 1 N–H and O–H groups in total. The molecule has 0 saturated carbocycles. The van der Waals surface area contributed by atoms with E-state index < -0.39 is 0 Å². The second kappa shape index (κ2) is 4.76. The fraction of sp³-hybridized carbons (Fsp3) is 0.100. The van der Waals surface area contributed by atoms with Gasteiger partial charge in [-0.2, -0.15) is 5.10 Å². The summed E-state index contributed by atoms with van der Waals surface area (Å²) in [6.07, 6.45) is 1.56. The van der Waals surface area contributed by atoms with Crippen LogP contribution in [-0.4, -0.2) is 16.4 Å². The third-order valence-electron chi connectivity index (χ3n) is 1.76. The summed E-state index contributed by atoms with van der Waals surface area (Å²) in [6, 6.07) is 7.00. The van der Waals surface area contributed by atoms with E-state index in [1.54, 1.807) is 18.3 Å². The van der Waals surface area contributed by atoms with Gasteiger partial charge in [0.25, 0.3) is 0 Å². The van der Waals surface area contributed by atoms with E-state index in [4.69, 9.17) is 16.0 Å². The maximum atomic E-state index is 5.59. The molecule has 5 nitrogen and oxygen atoms in total. The number of halogens is 1. The van der Waals surface area contributed by atoms with Crippen molar-refractivity contribution in [2.75, 3.05) is 5.43 Å². The first kappa shape index (κ1) is 10.6. The molecule has 2 aromatic heterocycles. The highest BCUT2D eigenvalue weighted by Gasteiger charge is 1.94. The number of nitrogens with zero attached hydrogens (tertiary/aromatic N) is 3. The minimum atomic E-state index is 0.344. The number of nitrogens with one attached hydrogen (secondary N) is 1. The SMILES string of the molecule is Cc1ccc(/C=N/Nc2ccc(Cl)nn2)o1. The van der Waals surface area contributed by atoms with Gasteiger partial charge in [-0.3, -0.25) is 5.43 Å². The molecule has 0 spiro atoms. The minimum Gasteiger partial charge on any atom is -0.460 e. The maximum Gasteiger partial charge on any atom is 0.168 e. The van der Waals surface area contributed by atoms with Gasteiger partial charge in [0.1, 0.15) is 11.5 Å². The average Bonchev–Trinajstić information content (AvgIpc) is 2.67. The Morgan fingerprint density at radius 1 is 1.31 bits per heavy atom. The number of rotatable bonds is 3. The number of aromatic nitrogens is 2. The van der Waals surface area contributed by atoms with Crippen molar-refractivity contribution in [1.82, 2.24) is 10.2 Å². The first-order chi connectivity index (χ1) is 7.74. The molecule has 0 atom stereocenters. The summed E-state index contributed by atoms with van der Waals surface area (Å²) in [5, 5.41) is 11.7. The van der Waals surface area contributed by atoms with Crippen LogP contribution in [0, 0.1) is 6.92 Å². The van der Waals surface area contributed by atoms with Crippen molar-refractivity contribution in [1.29, 1.82) is 0 Å². The first-order valence-electron chi connectivity index (χ1n) is 4.59. The van der Waals surface area contributed by atoms with E-state index in [2.05, 4.69) is 20.7 Å². The molecule has 0 aliphatic carbocycles. The fourth-order valence-electron chi connectivity index (χ4n) is 1.06. The Morgan fingerprint density at radius 3 is 2.81 bits per heavy atom. The lowest BCUT2D eigenvalue weighted by atomic mass is 10.4. The molecule has 2 aromatic rings.